The van der Waals surface area contributed by atoms with Crippen LogP contribution in [0.3, 0.4) is 0 Å². The first-order valence-electron chi connectivity index (χ1n) is 8.94. The van der Waals surface area contributed by atoms with Crippen molar-refractivity contribution in [3.63, 3.8) is 0 Å². The lowest BCUT2D eigenvalue weighted by atomic mass is 10.0. The van der Waals surface area contributed by atoms with E-state index in [9.17, 15) is 9.59 Å². The summed E-state index contributed by atoms with van der Waals surface area (Å²) >= 11 is 0. The predicted octanol–water partition coefficient (Wildman–Crippen LogP) is 3.25. The number of carbonyl (C=O) groups excluding carboxylic acids is 1. The summed E-state index contributed by atoms with van der Waals surface area (Å²) in [5.74, 6) is 0.665. The van der Waals surface area contributed by atoms with Crippen molar-refractivity contribution in [2.45, 2.75) is 19.9 Å². The van der Waals surface area contributed by atoms with Crippen molar-refractivity contribution in [2.75, 3.05) is 19.5 Å². The van der Waals surface area contributed by atoms with Gasteiger partial charge in [0.25, 0.3) is 5.56 Å². The molecule has 1 N–H and O–H groups in total. The third-order valence-corrected chi connectivity index (χ3v) is 4.51. The summed E-state index contributed by atoms with van der Waals surface area (Å²) in [5, 5.41) is 3.34. The van der Waals surface area contributed by atoms with E-state index in [1.165, 1.54) is 25.1 Å². The first-order valence-corrected chi connectivity index (χ1v) is 8.94. The summed E-state index contributed by atoms with van der Waals surface area (Å²) in [6.07, 6.45) is 1.43. The fourth-order valence-electron chi connectivity index (χ4n) is 3.13. The third kappa shape index (κ3) is 3.83. The van der Waals surface area contributed by atoms with Crippen LogP contribution >= 0.6 is 0 Å². The molecule has 0 radical (unpaired) electrons. The summed E-state index contributed by atoms with van der Waals surface area (Å²) in [7, 11) is 3.08. The zero-order valence-electron chi connectivity index (χ0n) is 16.3. The highest BCUT2D eigenvalue weighted by molar-refractivity contribution is 5.94. The van der Waals surface area contributed by atoms with Gasteiger partial charge in [0.15, 0.2) is 0 Å². The van der Waals surface area contributed by atoms with Gasteiger partial charge in [0, 0.05) is 23.9 Å². The Morgan fingerprint density at radius 2 is 1.71 bits per heavy atom. The Morgan fingerprint density at radius 1 is 1.07 bits per heavy atom. The van der Waals surface area contributed by atoms with Gasteiger partial charge in [-0.05, 0) is 18.1 Å². The number of anilines is 1. The van der Waals surface area contributed by atoms with Crippen LogP contribution in [0.25, 0.3) is 10.9 Å². The van der Waals surface area contributed by atoms with Crippen LogP contribution in [0.4, 0.5) is 5.69 Å². The third-order valence-electron chi connectivity index (χ3n) is 4.51. The molecule has 0 saturated carbocycles. The molecule has 1 amide bonds. The van der Waals surface area contributed by atoms with Crippen LogP contribution in [0.15, 0.2) is 53.6 Å². The smallest absolute Gasteiger partial charge is 0.261 e. The van der Waals surface area contributed by atoms with Crippen LogP contribution in [0.1, 0.15) is 19.9 Å². The molecule has 28 heavy (non-hydrogen) atoms. The SMILES string of the molecule is COc1cc(NC(=O)C(C(C)C)n2cnc3ccccc3c2=O)cc(OC)c1. The van der Waals surface area contributed by atoms with E-state index in [1.54, 1.807) is 36.4 Å². The van der Waals surface area contributed by atoms with Crippen LogP contribution in [0, 0.1) is 5.92 Å². The van der Waals surface area contributed by atoms with Crippen LogP contribution in [0.5, 0.6) is 11.5 Å². The number of hydrogen-bond donors (Lipinski definition) is 1. The van der Waals surface area contributed by atoms with Crippen LogP contribution in [-0.2, 0) is 4.79 Å². The molecule has 0 bridgehead atoms. The molecule has 0 saturated heterocycles. The van der Waals surface area contributed by atoms with E-state index in [0.717, 1.165) is 0 Å². The number of amides is 1. The quantitative estimate of drug-likeness (QED) is 0.709. The van der Waals surface area contributed by atoms with E-state index >= 15 is 0 Å². The van der Waals surface area contributed by atoms with E-state index in [-0.39, 0.29) is 17.4 Å². The molecule has 1 unspecified atom stereocenters. The number of fused-ring (bicyclic) bond motifs is 1. The Hall–Kier alpha value is -3.35. The second-order valence-corrected chi connectivity index (χ2v) is 6.75. The van der Waals surface area contributed by atoms with Gasteiger partial charge in [0.1, 0.15) is 17.5 Å². The van der Waals surface area contributed by atoms with Crippen LogP contribution < -0.4 is 20.3 Å². The highest BCUT2D eigenvalue weighted by Gasteiger charge is 2.26. The topological polar surface area (TPSA) is 82.5 Å². The number of benzene rings is 2. The molecule has 3 aromatic rings. The van der Waals surface area contributed by atoms with E-state index in [0.29, 0.717) is 28.1 Å². The molecule has 0 aliphatic rings. The summed E-state index contributed by atoms with van der Waals surface area (Å²) in [5.41, 5.74) is 0.875. The zero-order chi connectivity index (χ0) is 20.3. The minimum Gasteiger partial charge on any atom is -0.497 e. The first-order chi connectivity index (χ1) is 13.4. The number of hydrogen-bond acceptors (Lipinski definition) is 5. The normalized spacial score (nSPS) is 12.0. The number of ether oxygens (including phenoxy) is 2. The minimum atomic E-state index is -0.721. The van der Waals surface area contributed by atoms with Gasteiger partial charge in [-0.3, -0.25) is 14.2 Å². The van der Waals surface area contributed by atoms with Crippen molar-refractivity contribution in [3.05, 3.63) is 59.1 Å². The lowest BCUT2D eigenvalue weighted by Crippen LogP contribution is -2.36. The molecule has 0 aliphatic heterocycles. The van der Waals surface area contributed by atoms with E-state index in [2.05, 4.69) is 10.3 Å². The Labute approximate surface area is 162 Å². The van der Waals surface area contributed by atoms with Crippen molar-refractivity contribution in [1.82, 2.24) is 9.55 Å². The number of methoxy groups -OCH3 is 2. The van der Waals surface area contributed by atoms with Gasteiger partial charge in [0.05, 0.1) is 31.4 Å². The molecule has 2 aromatic carbocycles. The fraction of sp³-hybridized carbons (Fsp3) is 0.286. The number of aromatic nitrogens is 2. The van der Waals surface area contributed by atoms with Crippen LogP contribution in [0.2, 0.25) is 0 Å². The minimum absolute atomic E-state index is 0.131. The van der Waals surface area contributed by atoms with Gasteiger partial charge in [-0.2, -0.15) is 0 Å². The van der Waals surface area contributed by atoms with Gasteiger partial charge in [-0.1, -0.05) is 26.0 Å². The summed E-state index contributed by atoms with van der Waals surface area (Å²) in [6.45, 7) is 3.77. The van der Waals surface area contributed by atoms with Gasteiger partial charge in [-0.25, -0.2) is 4.98 Å². The molecular formula is C21H23N3O4. The molecule has 0 spiro atoms. The average molecular weight is 381 g/mol. The molecule has 1 aromatic heterocycles. The lowest BCUT2D eigenvalue weighted by Gasteiger charge is -2.23. The Bertz CT molecular complexity index is 1040. The Balaban J connectivity index is 1.98. The van der Waals surface area contributed by atoms with Gasteiger partial charge >= 0.3 is 0 Å². The zero-order valence-corrected chi connectivity index (χ0v) is 16.3. The molecular weight excluding hydrogens is 358 g/mol. The molecule has 0 aliphatic carbocycles. The average Bonchev–Trinajstić information content (AvgIpc) is 2.69. The highest BCUT2D eigenvalue weighted by Crippen LogP contribution is 2.27. The fourth-order valence-corrected chi connectivity index (χ4v) is 3.13. The first kappa shape index (κ1) is 19.4. The second-order valence-electron chi connectivity index (χ2n) is 6.75. The molecule has 3 rings (SSSR count). The standard InChI is InChI=1S/C21H23N3O4/c1-13(2)19(24-12-22-18-8-6-5-7-17(18)21(24)26)20(25)23-14-9-15(27-3)11-16(10-14)28-4/h5-13,19H,1-4H3,(H,23,25). The predicted molar refractivity (Wildman–Crippen MR) is 108 cm³/mol. The molecule has 1 heterocycles. The van der Waals surface area contributed by atoms with E-state index in [4.69, 9.17) is 9.47 Å². The van der Waals surface area contributed by atoms with Gasteiger partial charge < -0.3 is 14.8 Å². The van der Waals surface area contributed by atoms with Crippen LogP contribution in [-0.4, -0.2) is 29.7 Å². The van der Waals surface area contributed by atoms with E-state index < -0.39 is 6.04 Å². The van der Waals surface area contributed by atoms with Crippen molar-refractivity contribution < 1.29 is 14.3 Å². The van der Waals surface area contributed by atoms with Gasteiger partial charge in [-0.15, -0.1) is 0 Å². The maximum absolute atomic E-state index is 13.1. The van der Waals surface area contributed by atoms with E-state index in [1.807, 2.05) is 19.9 Å². The molecule has 1 atom stereocenters. The maximum atomic E-state index is 13.1. The van der Waals surface area contributed by atoms with Gasteiger partial charge in [0.2, 0.25) is 5.91 Å². The summed E-state index contributed by atoms with van der Waals surface area (Å²) in [6, 6.07) is 11.5. The number of para-hydroxylation sites is 1. The van der Waals surface area contributed by atoms with Crippen molar-refractivity contribution in [2.24, 2.45) is 5.92 Å². The molecule has 146 valence electrons. The Kier molecular flexibility index (Phi) is 5.63. The monoisotopic (exact) mass is 381 g/mol. The molecule has 7 heteroatoms. The maximum Gasteiger partial charge on any atom is 0.261 e. The Morgan fingerprint density at radius 3 is 2.32 bits per heavy atom. The molecule has 7 nitrogen and oxygen atoms in total. The number of nitrogens with one attached hydrogen (secondary N) is 1. The number of rotatable bonds is 6. The molecule has 0 fully saturated rings. The summed E-state index contributed by atoms with van der Waals surface area (Å²) < 4.78 is 11.9. The summed E-state index contributed by atoms with van der Waals surface area (Å²) in [4.78, 5) is 30.3. The van der Waals surface area contributed by atoms with Crippen molar-refractivity contribution >= 4 is 22.5 Å². The number of carbonyl (C=O) groups is 1. The highest BCUT2D eigenvalue weighted by atomic mass is 16.5. The number of nitrogens with zero attached hydrogens (tertiary/aromatic N) is 2. The second kappa shape index (κ2) is 8.12. The lowest BCUT2D eigenvalue weighted by molar-refractivity contribution is -0.120. The largest absolute Gasteiger partial charge is 0.497 e. The van der Waals surface area contributed by atoms with Crippen molar-refractivity contribution in [1.29, 1.82) is 0 Å². The van der Waals surface area contributed by atoms with Crippen molar-refractivity contribution in [3.8, 4) is 11.5 Å².